The van der Waals surface area contributed by atoms with Crippen molar-refractivity contribution in [2.45, 2.75) is 32.0 Å². The molecule has 0 fully saturated rings. The average Bonchev–Trinajstić information content (AvgIpc) is 2.78. The summed E-state index contributed by atoms with van der Waals surface area (Å²) in [7, 11) is 0. The maximum absolute atomic E-state index is 13.9. The van der Waals surface area contributed by atoms with Crippen molar-refractivity contribution in [1.82, 2.24) is 5.32 Å². The minimum absolute atomic E-state index is 0. The van der Waals surface area contributed by atoms with Crippen LogP contribution < -0.4 is 16.0 Å². The van der Waals surface area contributed by atoms with E-state index in [2.05, 4.69) is 22.5 Å². The lowest BCUT2D eigenvalue weighted by molar-refractivity contribution is -0.137. The van der Waals surface area contributed by atoms with Crippen LogP contribution >= 0.6 is 12.2 Å². The second kappa shape index (κ2) is 10.4. The highest BCUT2D eigenvalue weighted by atomic mass is 32.1. The molecule has 0 unspecified atom stereocenters. The number of thiocarbonyl (C=S) groups is 1. The summed E-state index contributed by atoms with van der Waals surface area (Å²) in [6, 6.07) is 18.3. The Bertz CT molecular complexity index is 1190. The van der Waals surface area contributed by atoms with Crippen LogP contribution in [0.4, 0.5) is 33.3 Å². The molecule has 0 heterocycles. The van der Waals surface area contributed by atoms with Gasteiger partial charge in [0.05, 0.1) is 11.6 Å². The van der Waals surface area contributed by atoms with E-state index in [-0.39, 0.29) is 15.1 Å². The predicted molar refractivity (Wildman–Crippen MR) is 140 cm³/mol. The van der Waals surface area contributed by atoms with Crippen molar-refractivity contribution >= 4 is 28.7 Å². The minimum atomic E-state index is -4.80. The molecule has 3 N–H and O–H groups in total. The van der Waals surface area contributed by atoms with Crippen molar-refractivity contribution < 1.29 is 26.2 Å². The van der Waals surface area contributed by atoms with Crippen molar-refractivity contribution in [3.05, 3.63) is 107 Å². The van der Waals surface area contributed by atoms with Gasteiger partial charge in [-0.2, -0.15) is 13.2 Å². The Morgan fingerprint density at radius 3 is 2.09 bits per heavy atom. The van der Waals surface area contributed by atoms with Crippen LogP contribution in [0.3, 0.4) is 0 Å². The smallest absolute Gasteiger partial charge is 0.357 e. The first-order valence-corrected chi connectivity index (χ1v) is 11.0. The summed E-state index contributed by atoms with van der Waals surface area (Å²) in [6.07, 6.45) is -4.80. The Labute approximate surface area is 210 Å². The zero-order valence-corrected chi connectivity index (χ0v) is 19.8. The summed E-state index contributed by atoms with van der Waals surface area (Å²) in [4.78, 5) is 0. The molecular weight excluding hydrogens is 481 g/mol. The highest BCUT2D eigenvalue weighted by molar-refractivity contribution is 7.80. The second-order valence-electron chi connectivity index (χ2n) is 8.09. The molecule has 190 valence electrons. The Morgan fingerprint density at radius 2 is 1.49 bits per heavy atom. The van der Waals surface area contributed by atoms with Gasteiger partial charge in [-0.15, -0.1) is 0 Å². The van der Waals surface area contributed by atoms with E-state index in [1.54, 1.807) is 0 Å². The number of benzene rings is 3. The molecule has 0 spiro atoms. The quantitative estimate of drug-likeness (QED) is 0.219. The maximum Gasteiger partial charge on any atom is 0.416 e. The highest BCUT2D eigenvalue weighted by Gasteiger charge is 2.34. The van der Waals surface area contributed by atoms with Crippen molar-refractivity contribution in [2.24, 2.45) is 0 Å². The zero-order chi connectivity index (χ0) is 25.8. The SMILES string of the molecule is C=C(Nc1ccccc1C)[C@H](NC(=S)Nc1cc(C(C)(F)F)cc(C(F)(F)F)c1)c1ccccc1.[HH].[HH].[HH]. The Morgan fingerprint density at radius 1 is 0.886 bits per heavy atom. The number of alkyl halides is 5. The molecule has 0 saturated heterocycles. The van der Waals surface area contributed by atoms with E-state index in [9.17, 15) is 22.0 Å². The van der Waals surface area contributed by atoms with E-state index in [0.29, 0.717) is 18.7 Å². The molecule has 0 bridgehead atoms. The number of nitrogens with one attached hydrogen (secondary N) is 3. The molecular formula is C26H30F5N3S. The van der Waals surface area contributed by atoms with E-state index in [0.717, 1.165) is 28.9 Å². The Hall–Kier alpha value is -3.46. The molecule has 0 saturated carbocycles. The van der Waals surface area contributed by atoms with Gasteiger partial charge in [-0.3, -0.25) is 0 Å². The third kappa shape index (κ3) is 7.02. The fourth-order valence-corrected chi connectivity index (χ4v) is 3.63. The molecule has 0 aliphatic rings. The van der Waals surface area contributed by atoms with Crippen molar-refractivity contribution in [3.63, 3.8) is 0 Å². The van der Waals surface area contributed by atoms with Crippen LogP contribution in [0.25, 0.3) is 0 Å². The van der Waals surface area contributed by atoms with Gasteiger partial charge in [0.25, 0.3) is 5.92 Å². The van der Waals surface area contributed by atoms with Crippen molar-refractivity contribution in [2.75, 3.05) is 10.6 Å². The molecule has 3 nitrogen and oxygen atoms in total. The molecule has 3 aromatic carbocycles. The van der Waals surface area contributed by atoms with Crippen molar-refractivity contribution in [1.29, 1.82) is 0 Å². The number of hydrogen-bond acceptors (Lipinski definition) is 2. The van der Waals surface area contributed by atoms with Crippen LogP contribution in [0.2, 0.25) is 0 Å². The molecule has 35 heavy (non-hydrogen) atoms. The van der Waals surface area contributed by atoms with Gasteiger partial charge in [-0.05, 0) is 54.5 Å². The fraction of sp³-hybridized carbons (Fsp3) is 0.192. The molecule has 0 amide bonds. The standard InChI is InChI=1S/C26H24F5N3S.3H2/c1-16-9-7-8-12-22(16)32-17(2)23(18-10-5-4-6-11-18)34-24(35)33-21-14-19(25(3,27)28)13-20(15-21)26(29,30)31;;;/h4-15,23,32H,2H2,1,3H3,(H2,33,34,35);3*1H/t23-;;;/m0.../s1. The van der Waals surface area contributed by atoms with E-state index in [4.69, 9.17) is 12.2 Å². The van der Waals surface area contributed by atoms with E-state index >= 15 is 0 Å². The average molecular weight is 512 g/mol. The Balaban J connectivity index is 0.00000456. The number of halogens is 5. The van der Waals surface area contributed by atoms with Crippen LogP contribution in [0.15, 0.2) is 85.1 Å². The van der Waals surface area contributed by atoms with Gasteiger partial charge < -0.3 is 16.0 Å². The van der Waals surface area contributed by atoms with Gasteiger partial charge in [-0.25, -0.2) is 8.78 Å². The lowest BCUT2D eigenvalue weighted by Crippen LogP contribution is -2.34. The van der Waals surface area contributed by atoms with Crippen LogP contribution in [-0.2, 0) is 12.1 Å². The normalized spacial score (nSPS) is 12.5. The van der Waals surface area contributed by atoms with Crippen LogP contribution in [0, 0.1) is 6.92 Å². The monoisotopic (exact) mass is 511 g/mol. The summed E-state index contributed by atoms with van der Waals surface area (Å²) in [5, 5.41) is 8.83. The molecule has 3 rings (SSSR count). The van der Waals surface area contributed by atoms with Crippen molar-refractivity contribution in [3.8, 4) is 0 Å². The van der Waals surface area contributed by atoms with E-state index in [1.165, 1.54) is 0 Å². The van der Waals surface area contributed by atoms with Crippen LogP contribution in [-0.4, -0.2) is 5.11 Å². The number of hydrogen-bond donors (Lipinski definition) is 3. The fourth-order valence-electron chi connectivity index (χ4n) is 3.39. The zero-order valence-electron chi connectivity index (χ0n) is 19.0. The van der Waals surface area contributed by atoms with E-state index in [1.807, 2.05) is 61.5 Å². The van der Waals surface area contributed by atoms with E-state index < -0.39 is 29.3 Å². The summed E-state index contributed by atoms with van der Waals surface area (Å²) < 4.78 is 67.6. The van der Waals surface area contributed by atoms with Gasteiger partial charge in [0.1, 0.15) is 0 Å². The van der Waals surface area contributed by atoms with Gasteiger partial charge in [-0.1, -0.05) is 55.1 Å². The molecule has 3 aromatic rings. The summed E-state index contributed by atoms with van der Waals surface area (Å²) >= 11 is 5.34. The molecule has 0 aromatic heterocycles. The first kappa shape index (κ1) is 26.2. The first-order chi connectivity index (χ1) is 16.3. The molecule has 0 aliphatic heterocycles. The van der Waals surface area contributed by atoms with Gasteiger partial charge in [0.15, 0.2) is 5.11 Å². The van der Waals surface area contributed by atoms with Crippen LogP contribution in [0.1, 0.15) is 39.5 Å². The summed E-state index contributed by atoms with van der Waals surface area (Å²) in [5.41, 5.74) is 0.935. The van der Waals surface area contributed by atoms with Gasteiger partial charge >= 0.3 is 6.18 Å². The predicted octanol–water partition coefficient (Wildman–Crippen LogP) is 8.52. The number of rotatable bonds is 7. The second-order valence-corrected chi connectivity index (χ2v) is 8.50. The third-order valence-electron chi connectivity index (χ3n) is 5.22. The molecule has 0 aliphatic carbocycles. The largest absolute Gasteiger partial charge is 0.416 e. The lowest BCUT2D eigenvalue weighted by atomic mass is 10.0. The minimum Gasteiger partial charge on any atom is -0.357 e. The van der Waals surface area contributed by atoms with Gasteiger partial charge in [0, 0.05) is 33.8 Å². The lowest BCUT2D eigenvalue weighted by Gasteiger charge is -2.25. The van der Waals surface area contributed by atoms with Crippen LogP contribution in [0.5, 0.6) is 0 Å². The summed E-state index contributed by atoms with van der Waals surface area (Å²) in [5.74, 6) is -3.47. The first-order valence-electron chi connectivity index (χ1n) is 10.6. The Kier molecular flexibility index (Phi) is 7.80. The topological polar surface area (TPSA) is 36.1 Å². The number of anilines is 2. The third-order valence-corrected chi connectivity index (χ3v) is 5.44. The number of para-hydroxylation sites is 1. The summed E-state index contributed by atoms with van der Waals surface area (Å²) in [6.45, 7) is 6.58. The molecule has 1 atom stereocenters. The highest BCUT2D eigenvalue weighted by Crippen LogP contribution is 2.36. The molecule has 0 radical (unpaired) electrons. The van der Waals surface area contributed by atoms with Gasteiger partial charge in [0.2, 0.25) is 0 Å². The number of aryl methyl sites for hydroxylation is 1. The maximum atomic E-state index is 13.9. The molecule has 9 heteroatoms.